The van der Waals surface area contributed by atoms with Crippen molar-refractivity contribution >= 4 is 0 Å². The molecule has 0 saturated heterocycles. The molecule has 0 aromatic rings. The summed E-state index contributed by atoms with van der Waals surface area (Å²) in [6, 6.07) is 0.847. The predicted molar refractivity (Wildman–Crippen MR) is 60.3 cm³/mol. The van der Waals surface area contributed by atoms with Gasteiger partial charge in [0.15, 0.2) is 0 Å². The van der Waals surface area contributed by atoms with Crippen LogP contribution in [0.3, 0.4) is 0 Å². The molecular formula is C12H25NO. The summed E-state index contributed by atoms with van der Waals surface area (Å²) < 4.78 is 0. The van der Waals surface area contributed by atoms with Crippen molar-refractivity contribution in [2.45, 2.75) is 59.0 Å². The Morgan fingerprint density at radius 2 is 1.93 bits per heavy atom. The summed E-state index contributed by atoms with van der Waals surface area (Å²) >= 11 is 0. The zero-order valence-corrected chi connectivity index (χ0v) is 10.0. The van der Waals surface area contributed by atoms with Gasteiger partial charge >= 0.3 is 0 Å². The molecule has 2 N–H and O–H groups in total. The molecule has 1 aliphatic carbocycles. The summed E-state index contributed by atoms with van der Waals surface area (Å²) in [4.78, 5) is 0. The molecule has 14 heavy (non-hydrogen) atoms. The van der Waals surface area contributed by atoms with E-state index in [0.717, 1.165) is 12.3 Å². The Labute approximate surface area is 88.1 Å². The maximum atomic E-state index is 9.28. The van der Waals surface area contributed by atoms with Crippen molar-refractivity contribution in [2.75, 3.05) is 6.61 Å². The van der Waals surface area contributed by atoms with E-state index >= 15 is 0 Å². The summed E-state index contributed by atoms with van der Waals surface area (Å²) in [5.41, 5.74) is 0.295. The molecule has 1 rings (SSSR count). The highest BCUT2D eigenvalue weighted by atomic mass is 16.3. The lowest BCUT2D eigenvalue weighted by molar-refractivity contribution is 0.187. The SMILES string of the molecule is CC(NC(CO)CC(C)(C)C)C1CC1. The van der Waals surface area contributed by atoms with Gasteiger partial charge in [-0.15, -0.1) is 0 Å². The topological polar surface area (TPSA) is 32.3 Å². The van der Waals surface area contributed by atoms with Crippen LogP contribution < -0.4 is 5.32 Å². The predicted octanol–water partition coefficient (Wildman–Crippen LogP) is 2.17. The normalized spacial score (nSPS) is 22.1. The third-order valence-corrected chi connectivity index (χ3v) is 2.91. The Kier molecular flexibility index (Phi) is 3.96. The summed E-state index contributed by atoms with van der Waals surface area (Å²) in [6.07, 6.45) is 3.77. The van der Waals surface area contributed by atoms with Crippen LogP contribution in [0.5, 0.6) is 0 Å². The lowest BCUT2D eigenvalue weighted by atomic mass is 9.88. The maximum Gasteiger partial charge on any atom is 0.0584 e. The van der Waals surface area contributed by atoms with Crippen molar-refractivity contribution < 1.29 is 5.11 Å². The summed E-state index contributed by atoms with van der Waals surface area (Å²) in [7, 11) is 0. The average molecular weight is 199 g/mol. The average Bonchev–Trinajstić information content (AvgIpc) is 2.82. The van der Waals surface area contributed by atoms with E-state index in [2.05, 4.69) is 33.0 Å². The standard InChI is InChI=1S/C12H25NO/c1-9(10-5-6-10)13-11(8-14)7-12(2,3)4/h9-11,13-14H,5-8H2,1-4H3. The van der Waals surface area contributed by atoms with Gasteiger partial charge < -0.3 is 10.4 Å². The second kappa shape index (κ2) is 4.63. The Bertz CT molecular complexity index is 170. The molecule has 0 spiro atoms. The first-order valence-electron chi connectivity index (χ1n) is 5.79. The van der Waals surface area contributed by atoms with Crippen LogP contribution in [0.15, 0.2) is 0 Å². The molecule has 2 unspecified atom stereocenters. The smallest absolute Gasteiger partial charge is 0.0584 e. The Morgan fingerprint density at radius 1 is 1.36 bits per heavy atom. The van der Waals surface area contributed by atoms with Crippen molar-refractivity contribution in [2.24, 2.45) is 11.3 Å². The highest BCUT2D eigenvalue weighted by Crippen LogP contribution is 2.33. The van der Waals surface area contributed by atoms with E-state index < -0.39 is 0 Å². The van der Waals surface area contributed by atoms with E-state index in [0.29, 0.717) is 11.5 Å². The van der Waals surface area contributed by atoms with Crippen LogP contribution in [0.4, 0.5) is 0 Å². The fourth-order valence-corrected chi connectivity index (χ4v) is 2.02. The van der Waals surface area contributed by atoms with Crippen molar-refractivity contribution in [3.8, 4) is 0 Å². The summed E-state index contributed by atoms with van der Waals surface area (Å²) in [5.74, 6) is 0.865. The van der Waals surface area contributed by atoms with Crippen LogP contribution in [0.1, 0.15) is 47.0 Å². The number of hydrogen-bond donors (Lipinski definition) is 2. The van der Waals surface area contributed by atoms with E-state index in [1.54, 1.807) is 0 Å². The number of nitrogens with one attached hydrogen (secondary N) is 1. The molecule has 0 heterocycles. The van der Waals surface area contributed by atoms with E-state index in [4.69, 9.17) is 0 Å². The number of aliphatic hydroxyl groups excluding tert-OH is 1. The van der Waals surface area contributed by atoms with Gasteiger partial charge in [-0.3, -0.25) is 0 Å². The van der Waals surface area contributed by atoms with Crippen molar-refractivity contribution in [1.29, 1.82) is 0 Å². The lowest BCUT2D eigenvalue weighted by Crippen LogP contribution is -2.42. The van der Waals surface area contributed by atoms with Gasteiger partial charge in [-0.25, -0.2) is 0 Å². The molecule has 1 fully saturated rings. The summed E-state index contributed by atoms with van der Waals surface area (Å²) in [5, 5.41) is 12.8. The number of rotatable bonds is 5. The minimum absolute atomic E-state index is 0.258. The second-order valence-electron chi connectivity index (χ2n) is 5.94. The van der Waals surface area contributed by atoms with Gasteiger partial charge in [0.1, 0.15) is 0 Å². The Hall–Kier alpha value is -0.0800. The zero-order valence-electron chi connectivity index (χ0n) is 10.0. The van der Waals surface area contributed by atoms with E-state index in [1.807, 2.05) is 0 Å². The second-order valence-corrected chi connectivity index (χ2v) is 5.94. The van der Waals surface area contributed by atoms with Gasteiger partial charge in [0.05, 0.1) is 6.61 Å². The van der Waals surface area contributed by atoms with Crippen molar-refractivity contribution in [1.82, 2.24) is 5.32 Å². The molecule has 2 nitrogen and oxygen atoms in total. The molecule has 0 bridgehead atoms. The van der Waals surface area contributed by atoms with Crippen LogP contribution in [-0.2, 0) is 0 Å². The molecular weight excluding hydrogens is 174 g/mol. The fourth-order valence-electron chi connectivity index (χ4n) is 2.02. The van der Waals surface area contributed by atoms with Crippen molar-refractivity contribution in [3.63, 3.8) is 0 Å². The third-order valence-electron chi connectivity index (χ3n) is 2.91. The van der Waals surface area contributed by atoms with Crippen LogP contribution in [0, 0.1) is 11.3 Å². The van der Waals surface area contributed by atoms with E-state index in [-0.39, 0.29) is 12.6 Å². The number of hydrogen-bond acceptors (Lipinski definition) is 2. The van der Waals surface area contributed by atoms with Gasteiger partial charge in [-0.1, -0.05) is 20.8 Å². The zero-order chi connectivity index (χ0) is 10.8. The van der Waals surface area contributed by atoms with Gasteiger partial charge in [0, 0.05) is 12.1 Å². The molecule has 1 aliphatic rings. The van der Waals surface area contributed by atoms with E-state index in [9.17, 15) is 5.11 Å². The van der Waals surface area contributed by atoms with Crippen LogP contribution in [0.25, 0.3) is 0 Å². The molecule has 0 amide bonds. The Balaban J connectivity index is 2.30. The quantitative estimate of drug-likeness (QED) is 0.711. The first-order chi connectivity index (χ1) is 6.42. The van der Waals surface area contributed by atoms with Gasteiger partial charge in [-0.05, 0) is 37.5 Å². The minimum Gasteiger partial charge on any atom is -0.395 e. The molecule has 0 aromatic heterocycles. The van der Waals surface area contributed by atoms with E-state index in [1.165, 1.54) is 12.8 Å². The van der Waals surface area contributed by atoms with Gasteiger partial charge in [0.25, 0.3) is 0 Å². The van der Waals surface area contributed by atoms with Gasteiger partial charge in [0.2, 0.25) is 0 Å². The molecule has 2 heteroatoms. The third kappa shape index (κ3) is 4.43. The van der Waals surface area contributed by atoms with Gasteiger partial charge in [-0.2, -0.15) is 0 Å². The lowest BCUT2D eigenvalue weighted by Gasteiger charge is -2.28. The van der Waals surface area contributed by atoms with Crippen LogP contribution in [-0.4, -0.2) is 23.8 Å². The highest BCUT2D eigenvalue weighted by Gasteiger charge is 2.30. The molecule has 0 radical (unpaired) electrons. The molecule has 1 saturated carbocycles. The van der Waals surface area contributed by atoms with Crippen molar-refractivity contribution in [3.05, 3.63) is 0 Å². The molecule has 0 aromatic carbocycles. The molecule has 2 atom stereocenters. The maximum absolute atomic E-state index is 9.28. The van der Waals surface area contributed by atoms with Crippen LogP contribution in [0.2, 0.25) is 0 Å². The molecule has 0 aliphatic heterocycles. The fraction of sp³-hybridized carbons (Fsp3) is 1.00. The highest BCUT2D eigenvalue weighted by molar-refractivity contribution is 4.86. The summed E-state index contributed by atoms with van der Waals surface area (Å²) in [6.45, 7) is 9.16. The minimum atomic E-state index is 0.258. The van der Waals surface area contributed by atoms with Crippen LogP contribution >= 0.6 is 0 Å². The first-order valence-corrected chi connectivity index (χ1v) is 5.79. The first kappa shape index (κ1) is 12.0. The monoisotopic (exact) mass is 199 g/mol. The Morgan fingerprint density at radius 3 is 2.29 bits per heavy atom. The largest absolute Gasteiger partial charge is 0.395 e. The number of aliphatic hydroxyl groups is 1. The molecule has 84 valence electrons.